The summed E-state index contributed by atoms with van der Waals surface area (Å²) in [5.74, 6) is 1.96. The molecule has 0 radical (unpaired) electrons. The van der Waals surface area contributed by atoms with Crippen LogP contribution in [0, 0.1) is 0 Å². The molecule has 0 aliphatic carbocycles. The van der Waals surface area contributed by atoms with E-state index >= 15 is 0 Å². The van der Waals surface area contributed by atoms with E-state index in [2.05, 4.69) is 31.3 Å². The molecule has 20 heavy (non-hydrogen) atoms. The van der Waals surface area contributed by atoms with Gasteiger partial charge in [0, 0.05) is 69.5 Å². The molecule has 0 saturated carbocycles. The number of hydrogen-bond acceptors (Lipinski definition) is 6. The standard InChI is InChI=1S/C14H25N5S/c1-3-15-14-16-10-13(11-17-14)12-19-6-4-18(5-7-19)8-9-20-2/h10-11H,3-9,12H2,1-2H3,(H,15,16,17). The van der Waals surface area contributed by atoms with Crippen molar-refractivity contribution in [3.05, 3.63) is 18.0 Å². The summed E-state index contributed by atoms with van der Waals surface area (Å²) in [6.07, 6.45) is 6.05. The Hall–Kier alpha value is -0.850. The minimum absolute atomic E-state index is 0.720. The van der Waals surface area contributed by atoms with Crippen molar-refractivity contribution >= 4 is 17.7 Å². The van der Waals surface area contributed by atoms with E-state index in [1.807, 2.05) is 31.1 Å². The maximum absolute atomic E-state index is 4.33. The molecule has 0 atom stereocenters. The predicted octanol–water partition coefficient (Wildman–Crippen LogP) is 1.39. The molecule has 1 N–H and O–H groups in total. The van der Waals surface area contributed by atoms with Crippen LogP contribution in [0.3, 0.4) is 0 Å². The average molecular weight is 295 g/mol. The van der Waals surface area contributed by atoms with Gasteiger partial charge in [-0.2, -0.15) is 11.8 Å². The first-order valence-electron chi connectivity index (χ1n) is 7.30. The highest BCUT2D eigenvalue weighted by Gasteiger charge is 2.16. The topological polar surface area (TPSA) is 44.3 Å². The van der Waals surface area contributed by atoms with E-state index in [0.717, 1.165) is 32.1 Å². The van der Waals surface area contributed by atoms with Gasteiger partial charge in [-0.25, -0.2) is 9.97 Å². The SMILES string of the molecule is CCNc1ncc(CN2CCN(CCSC)CC2)cn1. The van der Waals surface area contributed by atoms with Crippen molar-refractivity contribution < 1.29 is 0 Å². The van der Waals surface area contributed by atoms with E-state index in [9.17, 15) is 0 Å². The number of hydrogen-bond donors (Lipinski definition) is 1. The van der Waals surface area contributed by atoms with Gasteiger partial charge in [0.15, 0.2) is 0 Å². The van der Waals surface area contributed by atoms with Gasteiger partial charge in [-0.1, -0.05) is 0 Å². The van der Waals surface area contributed by atoms with Crippen LogP contribution >= 0.6 is 11.8 Å². The Balaban J connectivity index is 1.74. The summed E-state index contributed by atoms with van der Waals surface area (Å²) >= 11 is 1.93. The highest BCUT2D eigenvalue weighted by atomic mass is 32.2. The largest absolute Gasteiger partial charge is 0.355 e. The lowest BCUT2D eigenvalue weighted by molar-refractivity contribution is 0.132. The van der Waals surface area contributed by atoms with Crippen LogP contribution in [0.25, 0.3) is 0 Å². The van der Waals surface area contributed by atoms with E-state index in [4.69, 9.17) is 0 Å². The van der Waals surface area contributed by atoms with Crippen LogP contribution in [0.5, 0.6) is 0 Å². The lowest BCUT2D eigenvalue weighted by atomic mass is 10.2. The number of aromatic nitrogens is 2. The molecule has 2 heterocycles. The van der Waals surface area contributed by atoms with Crippen LogP contribution in [0.4, 0.5) is 5.95 Å². The molecule has 1 aromatic rings. The lowest BCUT2D eigenvalue weighted by Gasteiger charge is -2.34. The summed E-state index contributed by atoms with van der Waals surface area (Å²) in [6.45, 7) is 9.73. The first kappa shape index (κ1) is 15.5. The zero-order chi connectivity index (χ0) is 14.2. The molecule has 6 heteroatoms. The van der Waals surface area contributed by atoms with Gasteiger partial charge in [-0.05, 0) is 13.2 Å². The molecule has 112 valence electrons. The summed E-state index contributed by atoms with van der Waals surface area (Å²) in [7, 11) is 0. The van der Waals surface area contributed by atoms with Gasteiger partial charge < -0.3 is 5.32 Å². The maximum atomic E-state index is 4.33. The Morgan fingerprint density at radius 3 is 2.40 bits per heavy atom. The van der Waals surface area contributed by atoms with Gasteiger partial charge in [0.25, 0.3) is 0 Å². The number of piperazine rings is 1. The average Bonchev–Trinajstić information content (AvgIpc) is 2.49. The highest BCUT2D eigenvalue weighted by Crippen LogP contribution is 2.08. The first-order valence-corrected chi connectivity index (χ1v) is 8.69. The second-order valence-electron chi connectivity index (χ2n) is 5.06. The third-order valence-corrected chi connectivity index (χ3v) is 4.11. The molecule has 2 rings (SSSR count). The molecule has 1 aliphatic heterocycles. The zero-order valence-electron chi connectivity index (χ0n) is 12.5. The van der Waals surface area contributed by atoms with Crippen molar-refractivity contribution in [2.75, 3.05) is 56.6 Å². The summed E-state index contributed by atoms with van der Waals surface area (Å²) in [5.41, 5.74) is 1.20. The third kappa shape index (κ3) is 4.92. The summed E-state index contributed by atoms with van der Waals surface area (Å²) in [4.78, 5) is 13.7. The van der Waals surface area contributed by atoms with Crippen molar-refractivity contribution in [1.29, 1.82) is 0 Å². The number of thioether (sulfide) groups is 1. The fourth-order valence-corrected chi connectivity index (χ4v) is 2.78. The molecule has 1 saturated heterocycles. The Labute approximate surface area is 126 Å². The number of nitrogens with zero attached hydrogens (tertiary/aromatic N) is 4. The Morgan fingerprint density at radius 1 is 1.15 bits per heavy atom. The number of nitrogens with one attached hydrogen (secondary N) is 1. The molecular weight excluding hydrogens is 270 g/mol. The van der Waals surface area contributed by atoms with E-state index in [1.54, 1.807) is 0 Å². The normalized spacial score (nSPS) is 17.3. The molecule has 0 unspecified atom stereocenters. The van der Waals surface area contributed by atoms with E-state index in [1.165, 1.54) is 31.0 Å². The van der Waals surface area contributed by atoms with Crippen LogP contribution in [-0.4, -0.2) is 71.0 Å². The second-order valence-corrected chi connectivity index (χ2v) is 6.04. The molecule has 5 nitrogen and oxygen atoms in total. The zero-order valence-corrected chi connectivity index (χ0v) is 13.3. The quantitative estimate of drug-likeness (QED) is 0.820. The molecule has 1 fully saturated rings. The van der Waals surface area contributed by atoms with Crippen LogP contribution in [-0.2, 0) is 6.54 Å². The monoisotopic (exact) mass is 295 g/mol. The van der Waals surface area contributed by atoms with Gasteiger partial charge in [-0.15, -0.1) is 0 Å². The van der Waals surface area contributed by atoms with Crippen molar-refractivity contribution in [2.45, 2.75) is 13.5 Å². The highest BCUT2D eigenvalue weighted by molar-refractivity contribution is 7.98. The Kier molecular flexibility index (Phi) is 6.56. The van der Waals surface area contributed by atoms with Gasteiger partial charge in [0.05, 0.1) is 0 Å². The Morgan fingerprint density at radius 2 is 1.80 bits per heavy atom. The van der Waals surface area contributed by atoms with Gasteiger partial charge in [0.2, 0.25) is 5.95 Å². The minimum atomic E-state index is 0.720. The summed E-state index contributed by atoms with van der Waals surface area (Å²) in [6, 6.07) is 0. The second kappa shape index (κ2) is 8.44. The number of rotatable bonds is 7. The fraction of sp³-hybridized carbons (Fsp3) is 0.714. The predicted molar refractivity (Wildman–Crippen MR) is 86.3 cm³/mol. The van der Waals surface area contributed by atoms with E-state index in [-0.39, 0.29) is 0 Å². The van der Waals surface area contributed by atoms with Crippen LogP contribution < -0.4 is 5.32 Å². The van der Waals surface area contributed by atoms with E-state index in [0.29, 0.717) is 0 Å². The van der Waals surface area contributed by atoms with Gasteiger partial charge in [-0.3, -0.25) is 9.80 Å². The van der Waals surface area contributed by atoms with Crippen LogP contribution in [0.2, 0.25) is 0 Å². The summed E-state index contributed by atoms with van der Waals surface area (Å²) in [5, 5.41) is 3.12. The summed E-state index contributed by atoms with van der Waals surface area (Å²) < 4.78 is 0. The van der Waals surface area contributed by atoms with E-state index < -0.39 is 0 Å². The van der Waals surface area contributed by atoms with Gasteiger partial charge in [0.1, 0.15) is 0 Å². The van der Waals surface area contributed by atoms with Crippen molar-refractivity contribution in [3.8, 4) is 0 Å². The lowest BCUT2D eigenvalue weighted by Crippen LogP contribution is -2.46. The fourth-order valence-electron chi connectivity index (χ4n) is 2.34. The smallest absolute Gasteiger partial charge is 0.222 e. The molecule has 1 aliphatic rings. The van der Waals surface area contributed by atoms with Crippen LogP contribution in [0.15, 0.2) is 12.4 Å². The molecule has 0 spiro atoms. The third-order valence-electron chi connectivity index (χ3n) is 3.52. The minimum Gasteiger partial charge on any atom is -0.355 e. The van der Waals surface area contributed by atoms with Crippen LogP contribution in [0.1, 0.15) is 12.5 Å². The van der Waals surface area contributed by atoms with Crippen molar-refractivity contribution in [3.63, 3.8) is 0 Å². The Bertz CT molecular complexity index is 376. The first-order chi connectivity index (χ1) is 9.81. The number of anilines is 1. The molecule has 1 aromatic heterocycles. The molecule has 0 aromatic carbocycles. The van der Waals surface area contributed by atoms with Crippen molar-refractivity contribution in [2.24, 2.45) is 0 Å². The molecule has 0 bridgehead atoms. The maximum Gasteiger partial charge on any atom is 0.222 e. The molecule has 0 amide bonds. The van der Waals surface area contributed by atoms with Crippen molar-refractivity contribution in [1.82, 2.24) is 19.8 Å². The van der Waals surface area contributed by atoms with Gasteiger partial charge >= 0.3 is 0 Å². The molecular formula is C14H25N5S.